The molecule has 130 valence electrons. The zero-order chi connectivity index (χ0) is 17.1. The number of furan rings is 1. The highest BCUT2D eigenvalue weighted by Crippen LogP contribution is 2.29. The minimum Gasteiger partial charge on any atom is -0.459 e. The number of para-hydroxylation sites is 1. The molecule has 0 bridgehead atoms. The molecule has 1 fully saturated rings. The average molecular weight is 328 g/mol. The lowest BCUT2D eigenvalue weighted by Gasteiger charge is -2.28. The van der Waals surface area contributed by atoms with Crippen molar-refractivity contribution in [1.29, 1.82) is 0 Å². The first-order chi connectivity index (χ1) is 11.6. The molecular weight excluding hydrogens is 300 g/mol. The van der Waals surface area contributed by atoms with E-state index in [1.807, 2.05) is 25.1 Å². The van der Waals surface area contributed by atoms with Gasteiger partial charge in [-0.25, -0.2) is 0 Å². The number of rotatable bonds is 5. The first kappa shape index (κ1) is 17.0. The summed E-state index contributed by atoms with van der Waals surface area (Å²) in [4.78, 5) is 12.4. The monoisotopic (exact) mass is 328 g/mol. The Morgan fingerprint density at radius 3 is 2.88 bits per heavy atom. The molecule has 4 heteroatoms. The van der Waals surface area contributed by atoms with Crippen LogP contribution in [0.5, 0.6) is 0 Å². The van der Waals surface area contributed by atoms with Crippen LogP contribution in [0.15, 0.2) is 28.7 Å². The van der Waals surface area contributed by atoms with Crippen LogP contribution in [0.3, 0.4) is 0 Å². The minimum absolute atomic E-state index is 0.110. The van der Waals surface area contributed by atoms with Crippen LogP contribution in [0.1, 0.15) is 50.5 Å². The van der Waals surface area contributed by atoms with Gasteiger partial charge in [-0.2, -0.15) is 0 Å². The first-order valence-electron chi connectivity index (χ1n) is 9.04. The van der Waals surface area contributed by atoms with Crippen molar-refractivity contribution in [2.24, 2.45) is 11.8 Å². The van der Waals surface area contributed by atoms with Gasteiger partial charge in [-0.15, -0.1) is 0 Å². The molecule has 0 radical (unpaired) electrons. The standard InChI is InChI=1S/C20H28N2O2/c1-13(16-7-6-10-21-12-16)11-19(23)22-15(3)20-14(2)17-8-4-5-9-18(17)24-20/h4-5,8-9,13,15-16,21H,6-7,10-12H2,1-3H3,(H,22,23). The van der Waals surface area contributed by atoms with Crippen molar-refractivity contribution in [3.05, 3.63) is 35.6 Å². The van der Waals surface area contributed by atoms with Gasteiger partial charge in [-0.05, 0) is 57.7 Å². The Morgan fingerprint density at radius 1 is 1.38 bits per heavy atom. The van der Waals surface area contributed by atoms with Gasteiger partial charge in [0.1, 0.15) is 11.3 Å². The van der Waals surface area contributed by atoms with Crippen LogP contribution in [0.4, 0.5) is 0 Å². The smallest absolute Gasteiger partial charge is 0.220 e. The zero-order valence-corrected chi connectivity index (χ0v) is 14.9. The van der Waals surface area contributed by atoms with E-state index in [4.69, 9.17) is 4.42 Å². The lowest BCUT2D eigenvalue weighted by molar-refractivity contribution is -0.123. The van der Waals surface area contributed by atoms with Crippen molar-refractivity contribution in [1.82, 2.24) is 10.6 Å². The van der Waals surface area contributed by atoms with Crippen molar-refractivity contribution in [3.8, 4) is 0 Å². The number of hydrogen-bond donors (Lipinski definition) is 2. The third kappa shape index (κ3) is 3.64. The molecular formula is C20H28N2O2. The molecule has 1 saturated heterocycles. The highest BCUT2D eigenvalue weighted by Gasteiger charge is 2.24. The summed E-state index contributed by atoms with van der Waals surface area (Å²) in [7, 11) is 0. The average Bonchev–Trinajstić information content (AvgIpc) is 2.93. The molecule has 1 aliphatic rings. The Labute approximate surface area is 144 Å². The summed E-state index contributed by atoms with van der Waals surface area (Å²) < 4.78 is 5.96. The second-order valence-corrected chi connectivity index (χ2v) is 7.16. The van der Waals surface area contributed by atoms with Crippen molar-refractivity contribution < 1.29 is 9.21 Å². The van der Waals surface area contributed by atoms with Crippen molar-refractivity contribution >= 4 is 16.9 Å². The summed E-state index contributed by atoms with van der Waals surface area (Å²) in [5.74, 6) is 1.98. The van der Waals surface area contributed by atoms with E-state index >= 15 is 0 Å². The normalized spacial score (nSPS) is 20.7. The molecule has 0 aliphatic carbocycles. The largest absolute Gasteiger partial charge is 0.459 e. The van der Waals surface area contributed by atoms with Gasteiger partial charge in [0.2, 0.25) is 5.91 Å². The molecule has 1 amide bonds. The van der Waals surface area contributed by atoms with Gasteiger partial charge in [0.05, 0.1) is 6.04 Å². The molecule has 3 atom stereocenters. The minimum atomic E-state index is -0.110. The molecule has 2 N–H and O–H groups in total. The van der Waals surface area contributed by atoms with Crippen molar-refractivity contribution in [2.45, 2.75) is 46.1 Å². The third-order valence-corrected chi connectivity index (χ3v) is 5.30. The fraction of sp³-hybridized carbons (Fsp3) is 0.550. The maximum absolute atomic E-state index is 12.4. The van der Waals surface area contributed by atoms with E-state index in [1.165, 1.54) is 12.8 Å². The van der Waals surface area contributed by atoms with Gasteiger partial charge in [-0.1, -0.05) is 25.1 Å². The van der Waals surface area contributed by atoms with E-state index < -0.39 is 0 Å². The lowest BCUT2D eigenvalue weighted by atomic mass is 9.85. The van der Waals surface area contributed by atoms with Gasteiger partial charge < -0.3 is 15.1 Å². The van der Waals surface area contributed by atoms with E-state index in [0.29, 0.717) is 18.3 Å². The number of carbonyl (C=O) groups is 1. The zero-order valence-electron chi connectivity index (χ0n) is 14.9. The Hall–Kier alpha value is -1.81. The lowest BCUT2D eigenvalue weighted by Crippen LogP contribution is -2.36. The quantitative estimate of drug-likeness (QED) is 0.874. The number of nitrogens with one attached hydrogen (secondary N) is 2. The van der Waals surface area contributed by atoms with Crippen LogP contribution >= 0.6 is 0 Å². The fourth-order valence-corrected chi connectivity index (χ4v) is 3.80. The summed E-state index contributed by atoms with van der Waals surface area (Å²) in [5.41, 5.74) is 2.00. The summed E-state index contributed by atoms with van der Waals surface area (Å²) in [6, 6.07) is 7.90. The molecule has 2 aromatic rings. The number of amides is 1. The van der Waals surface area contributed by atoms with Gasteiger partial charge in [0.25, 0.3) is 0 Å². The molecule has 3 unspecified atom stereocenters. The number of fused-ring (bicyclic) bond motifs is 1. The predicted octanol–water partition coefficient (Wildman–Crippen LogP) is 3.94. The van der Waals surface area contributed by atoms with Crippen LogP contribution in [-0.2, 0) is 4.79 Å². The second kappa shape index (κ2) is 7.39. The van der Waals surface area contributed by atoms with Crippen LogP contribution in [-0.4, -0.2) is 19.0 Å². The highest BCUT2D eigenvalue weighted by atomic mass is 16.3. The number of benzene rings is 1. The SMILES string of the molecule is Cc1c(C(C)NC(=O)CC(C)C2CCCNC2)oc2ccccc12. The summed E-state index contributed by atoms with van der Waals surface area (Å²) in [6.45, 7) is 8.38. The number of piperidine rings is 1. The molecule has 3 rings (SSSR count). The van der Waals surface area contributed by atoms with E-state index in [0.717, 1.165) is 35.4 Å². The second-order valence-electron chi connectivity index (χ2n) is 7.16. The highest BCUT2D eigenvalue weighted by molar-refractivity contribution is 5.82. The number of hydrogen-bond acceptors (Lipinski definition) is 3. The molecule has 1 aromatic heterocycles. The predicted molar refractivity (Wildman–Crippen MR) is 96.9 cm³/mol. The Morgan fingerprint density at radius 2 is 2.17 bits per heavy atom. The van der Waals surface area contributed by atoms with Crippen LogP contribution in [0.2, 0.25) is 0 Å². The summed E-state index contributed by atoms with van der Waals surface area (Å²) in [6.07, 6.45) is 3.01. The topological polar surface area (TPSA) is 54.3 Å². The molecule has 0 spiro atoms. The fourth-order valence-electron chi connectivity index (χ4n) is 3.80. The van der Waals surface area contributed by atoms with Gasteiger partial charge in [0.15, 0.2) is 0 Å². The maximum atomic E-state index is 12.4. The Balaban J connectivity index is 1.61. The van der Waals surface area contributed by atoms with E-state index in [2.05, 4.69) is 30.5 Å². The van der Waals surface area contributed by atoms with Crippen LogP contribution < -0.4 is 10.6 Å². The van der Waals surface area contributed by atoms with Crippen molar-refractivity contribution in [2.75, 3.05) is 13.1 Å². The third-order valence-electron chi connectivity index (χ3n) is 5.30. The van der Waals surface area contributed by atoms with Gasteiger partial charge >= 0.3 is 0 Å². The van der Waals surface area contributed by atoms with Gasteiger partial charge in [0, 0.05) is 17.4 Å². The number of aryl methyl sites for hydroxylation is 1. The molecule has 24 heavy (non-hydrogen) atoms. The molecule has 0 saturated carbocycles. The Kier molecular flexibility index (Phi) is 5.24. The van der Waals surface area contributed by atoms with E-state index in [1.54, 1.807) is 0 Å². The summed E-state index contributed by atoms with van der Waals surface area (Å²) >= 11 is 0. The molecule has 1 aromatic carbocycles. The van der Waals surface area contributed by atoms with E-state index in [-0.39, 0.29) is 11.9 Å². The first-order valence-corrected chi connectivity index (χ1v) is 9.04. The molecule has 1 aliphatic heterocycles. The maximum Gasteiger partial charge on any atom is 0.220 e. The summed E-state index contributed by atoms with van der Waals surface area (Å²) in [5, 5.41) is 7.67. The molecule has 2 heterocycles. The number of carbonyl (C=O) groups excluding carboxylic acids is 1. The van der Waals surface area contributed by atoms with Gasteiger partial charge in [-0.3, -0.25) is 4.79 Å². The van der Waals surface area contributed by atoms with Crippen LogP contribution in [0, 0.1) is 18.8 Å². The van der Waals surface area contributed by atoms with Crippen molar-refractivity contribution in [3.63, 3.8) is 0 Å². The van der Waals surface area contributed by atoms with Crippen LogP contribution in [0.25, 0.3) is 11.0 Å². The molecule has 4 nitrogen and oxygen atoms in total. The van der Waals surface area contributed by atoms with E-state index in [9.17, 15) is 4.79 Å². The Bertz CT molecular complexity index is 701.